The van der Waals surface area contributed by atoms with Gasteiger partial charge in [-0.3, -0.25) is 4.79 Å². The zero-order valence-electron chi connectivity index (χ0n) is 11.1. The molecule has 4 nitrogen and oxygen atoms in total. The Morgan fingerprint density at radius 3 is 2.53 bits per heavy atom. The number of carboxylic acid groups (broad SMARTS) is 1. The third-order valence-electron chi connectivity index (χ3n) is 5.21. The number of aliphatic carboxylic acids is 1. The molecule has 0 bridgehead atoms. The fourth-order valence-electron chi connectivity index (χ4n) is 3.88. The summed E-state index contributed by atoms with van der Waals surface area (Å²) in [5.41, 5.74) is -0.775. The van der Waals surface area contributed by atoms with E-state index in [1.807, 2.05) is 11.8 Å². The van der Waals surface area contributed by atoms with Crippen LogP contribution < -0.4 is 0 Å². The normalized spacial score (nSPS) is 41.7. The highest BCUT2D eigenvalue weighted by molar-refractivity contribution is 7.99. The molecule has 1 unspecified atom stereocenters. The summed E-state index contributed by atoms with van der Waals surface area (Å²) in [6.07, 6.45) is 4.79. The maximum absolute atomic E-state index is 10.9. The smallest absolute Gasteiger partial charge is 0.306 e. The summed E-state index contributed by atoms with van der Waals surface area (Å²) in [5.74, 6) is 1.40. The molecule has 19 heavy (non-hydrogen) atoms. The number of ether oxygens (including phenoxy) is 1. The monoisotopic (exact) mass is 286 g/mol. The molecule has 3 aliphatic rings. The molecule has 2 N–H and O–H groups in total. The minimum absolute atomic E-state index is 0.0296. The number of hydrogen-bond donors (Lipinski definition) is 2. The van der Waals surface area contributed by atoms with Gasteiger partial charge in [-0.05, 0) is 55.9 Å². The van der Waals surface area contributed by atoms with Gasteiger partial charge in [-0.1, -0.05) is 0 Å². The molecule has 5 heteroatoms. The average Bonchev–Trinajstić information content (AvgIpc) is 2.35. The lowest BCUT2D eigenvalue weighted by molar-refractivity contribution is -0.192. The van der Waals surface area contributed by atoms with E-state index in [0.29, 0.717) is 12.8 Å². The van der Waals surface area contributed by atoms with Crippen LogP contribution >= 0.6 is 11.8 Å². The SMILES string of the molecule is O=C(O)C1CC(O)(C2CCOC3(CCSCC3)C2)C1. The first kappa shape index (κ1) is 13.7. The van der Waals surface area contributed by atoms with Crippen LogP contribution in [0.1, 0.15) is 38.5 Å². The van der Waals surface area contributed by atoms with Crippen molar-refractivity contribution < 1.29 is 19.7 Å². The fourth-order valence-corrected chi connectivity index (χ4v) is 5.12. The summed E-state index contributed by atoms with van der Waals surface area (Å²) >= 11 is 1.98. The molecule has 1 spiro atoms. The van der Waals surface area contributed by atoms with Gasteiger partial charge in [0.2, 0.25) is 0 Å². The van der Waals surface area contributed by atoms with Crippen molar-refractivity contribution in [1.82, 2.24) is 0 Å². The van der Waals surface area contributed by atoms with E-state index < -0.39 is 11.6 Å². The average molecular weight is 286 g/mol. The van der Waals surface area contributed by atoms with E-state index in [1.165, 1.54) is 0 Å². The maximum Gasteiger partial charge on any atom is 0.306 e. The third kappa shape index (κ3) is 2.52. The Hall–Kier alpha value is -0.260. The lowest BCUT2D eigenvalue weighted by Gasteiger charge is -2.52. The van der Waals surface area contributed by atoms with Gasteiger partial charge in [-0.2, -0.15) is 11.8 Å². The molecule has 0 amide bonds. The minimum Gasteiger partial charge on any atom is -0.481 e. The van der Waals surface area contributed by atoms with Gasteiger partial charge < -0.3 is 14.9 Å². The molecule has 108 valence electrons. The van der Waals surface area contributed by atoms with Crippen LogP contribution in [0.5, 0.6) is 0 Å². The minimum atomic E-state index is -0.763. The lowest BCUT2D eigenvalue weighted by Crippen LogP contribution is -2.56. The first-order valence-electron chi connectivity index (χ1n) is 7.20. The van der Waals surface area contributed by atoms with E-state index in [2.05, 4.69) is 0 Å². The second kappa shape index (κ2) is 4.93. The molecule has 0 aromatic heterocycles. The van der Waals surface area contributed by atoms with Gasteiger partial charge in [-0.15, -0.1) is 0 Å². The van der Waals surface area contributed by atoms with Crippen LogP contribution in [0.2, 0.25) is 0 Å². The number of carboxylic acids is 1. The van der Waals surface area contributed by atoms with Crippen molar-refractivity contribution in [3.8, 4) is 0 Å². The van der Waals surface area contributed by atoms with E-state index >= 15 is 0 Å². The maximum atomic E-state index is 10.9. The molecule has 1 saturated carbocycles. The summed E-state index contributed by atoms with van der Waals surface area (Å²) in [5, 5.41) is 19.6. The Kier molecular flexibility index (Phi) is 3.56. The number of rotatable bonds is 2. The molecule has 2 aliphatic heterocycles. The summed E-state index contributed by atoms with van der Waals surface area (Å²) in [6.45, 7) is 0.718. The van der Waals surface area contributed by atoms with Crippen LogP contribution in [-0.4, -0.2) is 45.5 Å². The Labute approximate surface area is 117 Å². The zero-order chi connectivity index (χ0) is 13.5. The van der Waals surface area contributed by atoms with Crippen molar-refractivity contribution in [1.29, 1.82) is 0 Å². The molecule has 2 saturated heterocycles. The molecule has 3 fully saturated rings. The molecule has 1 atom stereocenters. The van der Waals surface area contributed by atoms with Crippen LogP contribution in [0.3, 0.4) is 0 Å². The molecule has 0 aromatic rings. The Balaban J connectivity index is 1.64. The Bertz CT molecular complexity index is 353. The quantitative estimate of drug-likeness (QED) is 0.811. The largest absolute Gasteiger partial charge is 0.481 e. The highest BCUT2D eigenvalue weighted by atomic mass is 32.2. The van der Waals surface area contributed by atoms with Crippen LogP contribution in [0, 0.1) is 11.8 Å². The molecular weight excluding hydrogens is 264 g/mol. The number of aliphatic hydroxyl groups is 1. The summed E-state index contributed by atoms with van der Waals surface area (Å²) < 4.78 is 6.03. The van der Waals surface area contributed by atoms with Gasteiger partial charge in [-0.25, -0.2) is 0 Å². The van der Waals surface area contributed by atoms with E-state index in [9.17, 15) is 9.90 Å². The number of hydrogen-bond acceptors (Lipinski definition) is 4. The topological polar surface area (TPSA) is 66.8 Å². The fraction of sp³-hybridized carbons (Fsp3) is 0.929. The van der Waals surface area contributed by atoms with Crippen molar-refractivity contribution in [2.24, 2.45) is 11.8 Å². The van der Waals surface area contributed by atoms with Crippen LogP contribution in [0.4, 0.5) is 0 Å². The van der Waals surface area contributed by atoms with Crippen molar-refractivity contribution in [2.45, 2.75) is 49.7 Å². The standard InChI is InChI=1S/C14H22O4S/c15-12(16)10-7-14(17,8-10)11-1-4-18-13(9-11)2-5-19-6-3-13/h10-11,17H,1-9H2,(H,15,16). The van der Waals surface area contributed by atoms with Crippen molar-refractivity contribution in [2.75, 3.05) is 18.1 Å². The molecule has 0 aromatic carbocycles. The predicted octanol–water partition coefficient (Wildman–Crippen LogP) is 1.90. The van der Waals surface area contributed by atoms with Crippen molar-refractivity contribution >= 4 is 17.7 Å². The van der Waals surface area contributed by atoms with E-state index in [4.69, 9.17) is 9.84 Å². The van der Waals surface area contributed by atoms with Gasteiger partial charge in [0, 0.05) is 6.61 Å². The molecule has 1 aliphatic carbocycles. The Morgan fingerprint density at radius 1 is 1.21 bits per heavy atom. The van der Waals surface area contributed by atoms with Crippen LogP contribution in [0.25, 0.3) is 0 Å². The highest BCUT2D eigenvalue weighted by Gasteiger charge is 2.54. The molecule has 3 rings (SSSR count). The van der Waals surface area contributed by atoms with E-state index in [-0.39, 0.29) is 17.4 Å². The van der Waals surface area contributed by atoms with Gasteiger partial charge in [0.05, 0.1) is 17.1 Å². The van der Waals surface area contributed by atoms with Crippen molar-refractivity contribution in [3.63, 3.8) is 0 Å². The molecule has 0 radical (unpaired) electrons. The van der Waals surface area contributed by atoms with Crippen LogP contribution in [0.15, 0.2) is 0 Å². The summed E-state index contributed by atoms with van der Waals surface area (Å²) in [7, 11) is 0. The number of carbonyl (C=O) groups is 1. The molecular formula is C14H22O4S. The zero-order valence-corrected chi connectivity index (χ0v) is 12.0. The van der Waals surface area contributed by atoms with Gasteiger partial charge >= 0.3 is 5.97 Å². The first-order valence-corrected chi connectivity index (χ1v) is 8.35. The van der Waals surface area contributed by atoms with Crippen molar-refractivity contribution in [3.05, 3.63) is 0 Å². The molecule has 2 heterocycles. The number of thioether (sulfide) groups is 1. The van der Waals surface area contributed by atoms with Crippen LogP contribution in [-0.2, 0) is 9.53 Å². The Morgan fingerprint density at radius 2 is 1.89 bits per heavy atom. The van der Waals surface area contributed by atoms with Gasteiger partial charge in [0.25, 0.3) is 0 Å². The van der Waals surface area contributed by atoms with E-state index in [0.717, 1.165) is 43.8 Å². The predicted molar refractivity (Wildman–Crippen MR) is 73.3 cm³/mol. The third-order valence-corrected chi connectivity index (χ3v) is 6.19. The van der Waals surface area contributed by atoms with Gasteiger partial charge in [0.1, 0.15) is 0 Å². The van der Waals surface area contributed by atoms with E-state index in [1.54, 1.807) is 0 Å². The summed E-state index contributed by atoms with van der Waals surface area (Å²) in [4.78, 5) is 10.9. The van der Waals surface area contributed by atoms with Gasteiger partial charge in [0.15, 0.2) is 0 Å². The summed E-state index contributed by atoms with van der Waals surface area (Å²) in [6, 6.07) is 0. The first-order chi connectivity index (χ1) is 9.03. The lowest BCUT2D eigenvalue weighted by atomic mass is 9.60. The highest BCUT2D eigenvalue weighted by Crippen LogP contribution is 2.50. The second-order valence-corrected chi connectivity index (χ2v) is 7.61. The second-order valence-electron chi connectivity index (χ2n) is 6.38.